The SMILES string of the molecule is NCCOCCOCCOCCOCC(=O)[O-]. The van der Waals surface area contributed by atoms with E-state index < -0.39 is 12.6 Å². The Hall–Kier alpha value is -0.730. The molecule has 0 aliphatic heterocycles. The van der Waals surface area contributed by atoms with Gasteiger partial charge in [-0.1, -0.05) is 0 Å². The van der Waals surface area contributed by atoms with Gasteiger partial charge in [-0.05, 0) is 0 Å². The summed E-state index contributed by atoms with van der Waals surface area (Å²) >= 11 is 0. The van der Waals surface area contributed by atoms with Crippen LogP contribution >= 0.6 is 0 Å². The molecule has 0 unspecified atom stereocenters. The molecule has 0 aliphatic carbocycles. The summed E-state index contributed by atoms with van der Waals surface area (Å²) < 4.78 is 20.1. The molecule has 0 aliphatic rings. The van der Waals surface area contributed by atoms with Crippen LogP contribution in [-0.4, -0.2) is 65.4 Å². The molecule has 0 heterocycles. The van der Waals surface area contributed by atoms with Crippen LogP contribution in [0, 0.1) is 0 Å². The molecule has 0 atom stereocenters. The van der Waals surface area contributed by atoms with E-state index in [9.17, 15) is 9.90 Å². The minimum atomic E-state index is -1.23. The Morgan fingerprint density at radius 3 is 1.65 bits per heavy atom. The van der Waals surface area contributed by atoms with Gasteiger partial charge in [0.1, 0.15) is 0 Å². The molecule has 0 radical (unpaired) electrons. The summed E-state index contributed by atoms with van der Waals surface area (Å²) in [5, 5.41) is 9.96. The molecular weight excluding hydrogens is 230 g/mol. The van der Waals surface area contributed by atoms with E-state index >= 15 is 0 Å². The van der Waals surface area contributed by atoms with E-state index in [2.05, 4.69) is 0 Å². The fraction of sp³-hybridized carbons (Fsp3) is 0.900. The minimum Gasteiger partial charge on any atom is -0.548 e. The fourth-order valence-corrected chi connectivity index (χ4v) is 0.899. The molecule has 7 heteroatoms. The van der Waals surface area contributed by atoms with Crippen LogP contribution < -0.4 is 10.8 Å². The highest BCUT2D eigenvalue weighted by Crippen LogP contribution is 1.82. The lowest BCUT2D eigenvalue weighted by molar-refractivity contribution is -0.309. The zero-order chi connectivity index (χ0) is 12.8. The molecule has 0 fully saturated rings. The number of nitrogens with two attached hydrogens (primary N) is 1. The number of rotatable bonds is 13. The van der Waals surface area contributed by atoms with E-state index in [0.29, 0.717) is 46.2 Å². The highest BCUT2D eigenvalue weighted by Gasteiger charge is 1.92. The summed E-state index contributed by atoms with van der Waals surface area (Å²) in [7, 11) is 0. The number of carboxylic acids is 1. The second kappa shape index (κ2) is 13.3. The third kappa shape index (κ3) is 15.3. The number of ether oxygens (including phenoxy) is 4. The van der Waals surface area contributed by atoms with Crippen LogP contribution in [0.4, 0.5) is 0 Å². The van der Waals surface area contributed by atoms with Crippen LogP contribution in [0.15, 0.2) is 0 Å². The Balaban J connectivity index is 2.91. The van der Waals surface area contributed by atoms with Crippen LogP contribution in [0.3, 0.4) is 0 Å². The van der Waals surface area contributed by atoms with Crippen molar-refractivity contribution in [1.29, 1.82) is 0 Å². The Kier molecular flexibility index (Phi) is 12.8. The molecule has 0 spiro atoms. The Morgan fingerprint density at radius 1 is 0.824 bits per heavy atom. The molecule has 0 aromatic carbocycles. The standard InChI is InChI=1S/C10H21NO6/c11-1-2-14-3-4-15-5-6-16-7-8-17-9-10(12)13/h1-9,11H2,(H,12,13)/p-1. The minimum absolute atomic E-state index is 0.230. The third-order valence-electron chi connectivity index (χ3n) is 1.60. The van der Waals surface area contributed by atoms with Crippen LogP contribution in [0.5, 0.6) is 0 Å². The highest BCUT2D eigenvalue weighted by atomic mass is 16.6. The van der Waals surface area contributed by atoms with E-state index in [-0.39, 0.29) is 6.61 Å². The number of hydrogen-bond acceptors (Lipinski definition) is 7. The van der Waals surface area contributed by atoms with Gasteiger partial charge < -0.3 is 34.6 Å². The van der Waals surface area contributed by atoms with Gasteiger partial charge in [0.15, 0.2) is 0 Å². The van der Waals surface area contributed by atoms with Crippen molar-refractivity contribution in [3.8, 4) is 0 Å². The van der Waals surface area contributed by atoms with Crippen LogP contribution in [0.25, 0.3) is 0 Å². The second-order valence-corrected chi connectivity index (χ2v) is 3.05. The number of hydrogen-bond donors (Lipinski definition) is 1. The van der Waals surface area contributed by atoms with Gasteiger partial charge in [0, 0.05) is 6.54 Å². The third-order valence-corrected chi connectivity index (χ3v) is 1.60. The van der Waals surface area contributed by atoms with Crippen LogP contribution in [0.1, 0.15) is 0 Å². The average Bonchev–Trinajstić information content (AvgIpc) is 2.30. The lowest BCUT2D eigenvalue weighted by Gasteiger charge is -2.07. The molecule has 0 rings (SSSR count). The topological polar surface area (TPSA) is 103 Å². The van der Waals surface area contributed by atoms with Crippen molar-refractivity contribution in [3.63, 3.8) is 0 Å². The van der Waals surface area contributed by atoms with Crippen molar-refractivity contribution in [3.05, 3.63) is 0 Å². The molecule has 0 bridgehead atoms. The van der Waals surface area contributed by atoms with E-state index in [4.69, 9.17) is 24.7 Å². The van der Waals surface area contributed by atoms with Crippen molar-refractivity contribution in [1.82, 2.24) is 0 Å². The summed E-state index contributed by atoms with van der Waals surface area (Å²) in [6.45, 7) is 3.13. The molecule has 0 aromatic rings. The summed E-state index contributed by atoms with van der Waals surface area (Å²) in [6, 6.07) is 0. The summed E-state index contributed by atoms with van der Waals surface area (Å²) in [4.78, 5) is 9.96. The van der Waals surface area contributed by atoms with E-state index in [1.54, 1.807) is 0 Å². The van der Waals surface area contributed by atoms with Gasteiger partial charge in [0.2, 0.25) is 0 Å². The highest BCUT2D eigenvalue weighted by molar-refractivity contribution is 5.65. The van der Waals surface area contributed by atoms with E-state index in [1.807, 2.05) is 0 Å². The lowest BCUT2D eigenvalue weighted by atomic mass is 10.7. The molecular formula is C10H20NO6-. The fourth-order valence-electron chi connectivity index (χ4n) is 0.899. The quantitative estimate of drug-likeness (QED) is 0.369. The first-order valence-corrected chi connectivity index (χ1v) is 5.48. The van der Waals surface area contributed by atoms with Gasteiger partial charge in [-0.25, -0.2) is 0 Å². The van der Waals surface area contributed by atoms with Crippen molar-refractivity contribution in [2.45, 2.75) is 0 Å². The molecule has 0 saturated heterocycles. The molecule has 2 N–H and O–H groups in total. The van der Waals surface area contributed by atoms with Gasteiger partial charge in [0.25, 0.3) is 0 Å². The predicted molar refractivity (Wildman–Crippen MR) is 57.3 cm³/mol. The van der Waals surface area contributed by atoms with Crippen molar-refractivity contribution in [2.75, 3.05) is 59.4 Å². The van der Waals surface area contributed by atoms with E-state index in [0.717, 1.165) is 0 Å². The first-order valence-electron chi connectivity index (χ1n) is 5.48. The molecule has 0 aromatic heterocycles. The number of carboxylic acid groups (broad SMARTS) is 1. The maximum atomic E-state index is 9.96. The predicted octanol–water partition coefficient (Wildman–Crippen LogP) is -2.24. The molecule has 0 saturated carbocycles. The number of aliphatic carboxylic acids is 1. The Morgan fingerprint density at radius 2 is 1.24 bits per heavy atom. The maximum absolute atomic E-state index is 9.96. The van der Waals surface area contributed by atoms with Crippen LogP contribution in [0.2, 0.25) is 0 Å². The molecule has 7 nitrogen and oxygen atoms in total. The number of carbonyl (C=O) groups is 1. The summed E-state index contributed by atoms with van der Waals surface area (Å²) in [6.07, 6.45) is 0. The lowest BCUT2D eigenvalue weighted by Crippen LogP contribution is -2.28. The van der Waals surface area contributed by atoms with Gasteiger partial charge >= 0.3 is 0 Å². The number of carbonyl (C=O) groups excluding carboxylic acids is 1. The van der Waals surface area contributed by atoms with Crippen molar-refractivity contribution < 1.29 is 28.8 Å². The maximum Gasteiger partial charge on any atom is 0.0862 e. The zero-order valence-electron chi connectivity index (χ0n) is 9.89. The smallest absolute Gasteiger partial charge is 0.0862 e. The molecule has 17 heavy (non-hydrogen) atoms. The second-order valence-electron chi connectivity index (χ2n) is 3.05. The summed E-state index contributed by atoms with van der Waals surface area (Å²) in [5.41, 5.74) is 5.23. The molecule has 0 amide bonds. The van der Waals surface area contributed by atoms with Gasteiger partial charge in [-0.2, -0.15) is 0 Å². The Labute approximate surface area is 101 Å². The van der Waals surface area contributed by atoms with Crippen LogP contribution in [-0.2, 0) is 23.7 Å². The summed E-state index contributed by atoms with van der Waals surface area (Å²) in [5.74, 6) is -1.23. The van der Waals surface area contributed by atoms with Gasteiger partial charge in [0.05, 0.1) is 58.8 Å². The van der Waals surface area contributed by atoms with Crippen molar-refractivity contribution in [2.24, 2.45) is 5.73 Å². The monoisotopic (exact) mass is 250 g/mol. The molecule has 102 valence electrons. The van der Waals surface area contributed by atoms with Gasteiger partial charge in [-0.3, -0.25) is 0 Å². The first kappa shape index (κ1) is 16.3. The average molecular weight is 250 g/mol. The normalized spacial score (nSPS) is 10.6. The Bertz CT molecular complexity index is 178. The van der Waals surface area contributed by atoms with Gasteiger partial charge in [-0.15, -0.1) is 0 Å². The van der Waals surface area contributed by atoms with E-state index in [1.165, 1.54) is 0 Å². The zero-order valence-corrected chi connectivity index (χ0v) is 9.89. The largest absolute Gasteiger partial charge is 0.548 e. The first-order chi connectivity index (χ1) is 8.27. The van der Waals surface area contributed by atoms with Crippen molar-refractivity contribution >= 4 is 5.97 Å².